The highest BCUT2D eigenvalue weighted by molar-refractivity contribution is 6.09. The molecule has 2 fully saturated rings. The van der Waals surface area contributed by atoms with Gasteiger partial charge in [0.2, 0.25) is 0 Å². The van der Waals surface area contributed by atoms with Crippen molar-refractivity contribution in [3.05, 3.63) is 35.5 Å². The first-order valence-corrected chi connectivity index (χ1v) is 12.4. The standard InChI is InChI=1S/C26H30FN5O5/c1-13-21(25(34)31-16-6-7-32(10-16)26(35)14(2)33)23-24(30-13)22(28-12-29-23)17-8-20(36-3)18(27)9-19(17)37-11-15-4-5-15/h8-9,12,14-16,30,33H,4-7,10-11H2,1-3H3,(H,31,34)/t14-,16+/m0/s1. The summed E-state index contributed by atoms with van der Waals surface area (Å²) in [7, 11) is 1.39. The van der Waals surface area contributed by atoms with Gasteiger partial charge < -0.3 is 29.8 Å². The van der Waals surface area contributed by atoms with Crippen LogP contribution >= 0.6 is 0 Å². The number of benzene rings is 1. The van der Waals surface area contributed by atoms with Gasteiger partial charge in [-0.3, -0.25) is 9.59 Å². The molecule has 3 heterocycles. The Morgan fingerprint density at radius 2 is 2.05 bits per heavy atom. The van der Waals surface area contributed by atoms with Gasteiger partial charge in [0, 0.05) is 36.5 Å². The highest BCUT2D eigenvalue weighted by Gasteiger charge is 2.31. The zero-order valence-corrected chi connectivity index (χ0v) is 21.0. The molecule has 0 radical (unpaired) electrons. The molecular weight excluding hydrogens is 481 g/mol. The molecule has 2 atom stereocenters. The molecule has 0 bridgehead atoms. The molecule has 1 saturated heterocycles. The number of nitrogens with zero attached hydrogens (tertiary/aromatic N) is 3. The number of H-pyrrole nitrogens is 1. The van der Waals surface area contributed by atoms with Crippen LogP contribution in [0, 0.1) is 18.7 Å². The van der Waals surface area contributed by atoms with E-state index in [1.165, 1.54) is 26.4 Å². The molecule has 0 unspecified atom stereocenters. The minimum absolute atomic E-state index is 0.0549. The van der Waals surface area contributed by atoms with Gasteiger partial charge in [0.15, 0.2) is 11.6 Å². The number of carbonyl (C=O) groups is 2. The molecule has 10 nitrogen and oxygen atoms in total. The minimum atomic E-state index is -1.08. The Morgan fingerprint density at radius 3 is 2.76 bits per heavy atom. The Kier molecular flexibility index (Phi) is 6.72. The van der Waals surface area contributed by atoms with Gasteiger partial charge in [-0.15, -0.1) is 0 Å². The molecule has 3 aromatic rings. The molecule has 2 aliphatic rings. The smallest absolute Gasteiger partial charge is 0.255 e. The number of likely N-dealkylation sites (tertiary alicyclic amines) is 1. The van der Waals surface area contributed by atoms with E-state index >= 15 is 0 Å². The van der Waals surface area contributed by atoms with Crippen molar-refractivity contribution in [2.45, 2.75) is 45.3 Å². The maximum absolute atomic E-state index is 14.6. The molecule has 2 amide bonds. The summed E-state index contributed by atoms with van der Waals surface area (Å²) in [6, 6.07) is 2.60. The van der Waals surface area contributed by atoms with Crippen molar-refractivity contribution in [2.75, 3.05) is 26.8 Å². The van der Waals surface area contributed by atoms with Crippen molar-refractivity contribution in [3.8, 4) is 22.8 Å². The van der Waals surface area contributed by atoms with Gasteiger partial charge in [-0.2, -0.15) is 0 Å². The normalized spacial score (nSPS) is 18.2. The second-order valence-corrected chi connectivity index (χ2v) is 9.73. The molecule has 5 rings (SSSR count). The van der Waals surface area contributed by atoms with Gasteiger partial charge in [-0.25, -0.2) is 14.4 Å². The lowest BCUT2D eigenvalue weighted by Gasteiger charge is -2.18. The number of aromatic amines is 1. The summed E-state index contributed by atoms with van der Waals surface area (Å²) in [5.41, 5.74) is 2.90. The predicted octanol–water partition coefficient (Wildman–Crippen LogP) is 2.58. The van der Waals surface area contributed by atoms with E-state index < -0.39 is 11.9 Å². The number of carbonyl (C=O) groups excluding carboxylic acids is 2. The van der Waals surface area contributed by atoms with E-state index in [4.69, 9.17) is 9.47 Å². The number of nitrogens with one attached hydrogen (secondary N) is 2. The van der Waals surface area contributed by atoms with Crippen molar-refractivity contribution in [1.82, 2.24) is 25.2 Å². The highest BCUT2D eigenvalue weighted by atomic mass is 19.1. The SMILES string of the molecule is COc1cc(-c2ncnc3c(C(=O)N[C@@H]4CCN(C(=O)[C@H](C)O)C4)c(C)[nH]c23)c(OCC2CC2)cc1F. The van der Waals surface area contributed by atoms with Crippen LogP contribution in [0.2, 0.25) is 0 Å². The van der Waals surface area contributed by atoms with Crippen molar-refractivity contribution in [2.24, 2.45) is 5.92 Å². The molecule has 0 spiro atoms. The summed E-state index contributed by atoms with van der Waals surface area (Å²) in [4.78, 5) is 39.0. The molecule has 1 aliphatic carbocycles. The Morgan fingerprint density at radius 1 is 1.27 bits per heavy atom. The summed E-state index contributed by atoms with van der Waals surface area (Å²) >= 11 is 0. The molecule has 1 saturated carbocycles. The molecule has 3 N–H and O–H groups in total. The van der Waals surface area contributed by atoms with Crippen LogP contribution in [-0.4, -0.2) is 75.7 Å². The number of rotatable bonds is 8. The molecule has 2 aromatic heterocycles. The average molecular weight is 512 g/mol. The van der Waals surface area contributed by atoms with Crippen LogP contribution in [0.4, 0.5) is 4.39 Å². The van der Waals surface area contributed by atoms with Gasteiger partial charge in [0.1, 0.15) is 29.4 Å². The maximum atomic E-state index is 14.6. The zero-order chi connectivity index (χ0) is 26.3. The van der Waals surface area contributed by atoms with Crippen molar-refractivity contribution in [3.63, 3.8) is 0 Å². The number of aliphatic hydroxyl groups excluding tert-OH is 1. The summed E-state index contributed by atoms with van der Waals surface area (Å²) < 4.78 is 25.7. The zero-order valence-electron chi connectivity index (χ0n) is 21.0. The number of hydrogen-bond acceptors (Lipinski definition) is 7. The fraction of sp³-hybridized carbons (Fsp3) is 0.462. The third-order valence-corrected chi connectivity index (χ3v) is 6.87. The lowest BCUT2D eigenvalue weighted by molar-refractivity contribution is -0.138. The third-order valence-electron chi connectivity index (χ3n) is 6.87. The molecule has 1 aliphatic heterocycles. The van der Waals surface area contributed by atoms with E-state index in [-0.39, 0.29) is 23.6 Å². The fourth-order valence-electron chi connectivity index (χ4n) is 4.69. The number of fused-ring (bicyclic) bond motifs is 1. The molecule has 1 aromatic carbocycles. The minimum Gasteiger partial charge on any atom is -0.494 e. The number of methoxy groups -OCH3 is 1. The first kappa shape index (κ1) is 24.9. The largest absolute Gasteiger partial charge is 0.494 e. The molecule has 196 valence electrons. The topological polar surface area (TPSA) is 130 Å². The van der Waals surface area contributed by atoms with Crippen molar-refractivity contribution in [1.29, 1.82) is 0 Å². The van der Waals surface area contributed by atoms with Crippen LogP contribution in [0.25, 0.3) is 22.3 Å². The number of ether oxygens (including phenoxy) is 2. The summed E-state index contributed by atoms with van der Waals surface area (Å²) in [6.45, 7) is 4.48. The Balaban J connectivity index is 1.46. The van der Waals surface area contributed by atoms with Gasteiger partial charge >= 0.3 is 0 Å². The number of aromatic nitrogens is 3. The number of amides is 2. The summed E-state index contributed by atoms with van der Waals surface area (Å²) in [6.07, 6.45) is 3.05. The van der Waals surface area contributed by atoms with Crippen LogP contribution in [-0.2, 0) is 4.79 Å². The Hall–Kier alpha value is -3.73. The maximum Gasteiger partial charge on any atom is 0.255 e. The first-order valence-electron chi connectivity index (χ1n) is 12.4. The van der Waals surface area contributed by atoms with Crippen LogP contribution in [0.3, 0.4) is 0 Å². The first-order chi connectivity index (χ1) is 17.8. The monoisotopic (exact) mass is 511 g/mol. The van der Waals surface area contributed by atoms with Crippen LogP contribution in [0.1, 0.15) is 42.2 Å². The average Bonchev–Trinajstić information content (AvgIpc) is 3.48. The fourth-order valence-corrected chi connectivity index (χ4v) is 4.69. The lowest BCUT2D eigenvalue weighted by atomic mass is 10.1. The molecular formula is C26H30FN5O5. The van der Waals surface area contributed by atoms with E-state index in [0.29, 0.717) is 71.3 Å². The molecule has 37 heavy (non-hydrogen) atoms. The van der Waals surface area contributed by atoms with E-state index in [0.717, 1.165) is 12.8 Å². The van der Waals surface area contributed by atoms with E-state index in [1.807, 2.05) is 0 Å². The van der Waals surface area contributed by atoms with Crippen LogP contribution in [0.5, 0.6) is 11.5 Å². The van der Waals surface area contributed by atoms with Gasteiger partial charge in [0.05, 0.1) is 24.8 Å². The Bertz CT molecular complexity index is 1350. The van der Waals surface area contributed by atoms with E-state index in [1.54, 1.807) is 17.9 Å². The number of aliphatic hydroxyl groups is 1. The van der Waals surface area contributed by atoms with Crippen molar-refractivity contribution < 1.29 is 28.6 Å². The Labute approximate surface area is 213 Å². The second-order valence-electron chi connectivity index (χ2n) is 9.73. The second kappa shape index (κ2) is 9.97. The van der Waals surface area contributed by atoms with E-state index in [9.17, 15) is 19.1 Å². The predicted molar refractivity (Wildman–Crippen MR) is 133 cm³/mol. The number of aryl methyl sites for hydroxylation is 1. The lowest BCUT2D eigenvalue weighted by Crippen LogP contribution is -2.41. The van der Waals surface area contributed by atoms with E-state index in [2.05, 4.69) is 20.3 Å². The van der Waals surface area contributed by atoms with Crippen LogP contribution < -0.4 is 14.8 Å². The van der Waals surface area contributed by atoms with Crippen LogP contribution in [0.15, 0.2) is 18.5 Å². The third kappa shape index (κ3) is 4.95. The summed E-state index contributed by atoms with van der Waals surface area (Å²) in [5, 5.41) is 12.6. The molecule has 11 heteroatoms. The highest BCUT2D eigenvalue weighted by Crippen LogP contribution is 2.39. The summed E-state index contributed by atoms with van der Waals surface area (Å²) in [5.74, 6) is -0.353. The van der Waals surface area contributed by atoms with Gasteiger partial charge in [0.25, 0.3) is 11.8 Å². The number of halogens is 1. The number of hydrogen-bond donors (Lipinski definition) is 3. The quantitative estimate of drug-likeness (QED) is 0.424. The van der Waals surface area contributed by atoms with Gasteiger partial charge in [-0.05, 0) is 45.1 Å². The van der Waals surface area contributed by atoms with Gasteiger partial charge in [-0.1, -0.05) is 0 Å². The van der Waals surface area contributed by atoms with Crippen molar-refractivity contribution >= 4 is 22.8 Å².